The maximum Gasteiger partial charge on any atom is 0.220 e. The van der Waals surface area contributed by atoms with Crippen LogP contribution in [0.15, 0.2) is 42.5 Å². The predicted molar refractivity (Wildman–Crippen MR) is 114 cm³/mol. The van der Waals surface area contributed by atoms with Crippen molar-refractivity contribution >= 4 is 5.91 Å². The number of ether oxygens (including phenoxy) is 3. The number of rotatable bonds is 8. The molecule has 0 spiro atoms. The van der Waals surface area contributed by atoms with Gasteiger partial charge in [0.05, 0.1) is 21.3 Å². The molecular weight excluding hydrogens is 366 g/mol. The molecule has 2 aromatic rings. The molecule has 2 aromatic carbocycles. The van der Waals surface area contributed by atoms with Gasteiger partial charge in [-0.05, 0) is 55.2 Å². The Balaban J connectivity index is 1.51. The fourth-order valence-electron chi connectivity index (χ4n) is 4.20. The van der Waals surface area contributed by atoms with E-state index in [2.05, 4.69) is 35.6 Å². The van der Waals surface area contributed by atoms with E-state index in [0.717, 1.165) is 31.2 Å². The first-order valence-corrected chi connectivity index (χ1v) is 10.3. The van der Waals surface area contributed by atoms with Gasteiger partial charge in [-0.2, -0.15) is 0 Å². The van der Waals surface area contributed by atoms with E-state index in [1.165, 1.54) is 5.56 Å². The van der Waals surface area contributed by atoms with Crippen molar-refractivity contribution in [3.63, 3.8) is 0 Å². The third-order valence-electron chi connectivity index (χ3n) is 5.77. The van der Waals surface area contributed by atoms with Gasteiger partial charge in [0.15, 0.2) is 11.5 Å². The SMILES string of the molecule is COc1ccc(CCC(=O)NC2CCC(c3ccccc3)CC2)c(OC)c1OC. The van der Waals surface area contributed by atoms with Crippen LogP contribution >= 0.6 is 0 Å². The summed E-state index contributed by atoms with van der Waals surface area (Å²) in [6.07, 6.45) is 5.33. The summed E-state index contributed by atoms with van der Waals surface area (Å²) in [5.41, 5.74) is 2.35. The van der Waals surface area contributed by atoms with Crippen LogP contribution in [0.5, 0.6) is 17.2 Å². The standard InChI is InChI=1S/C24H31NO4/c1-27-21-15-11-19(23(28-2)24(21)29-3)12-16-22(26)25-20-13-9-18(10-14-20)17-7-5-4-6-8-17/h4-8,11,15,18,20H,9-10,12-14,16H2,1-3H3,(H,25,26). The zero-order chi connectivity index (χ0) is 20.6. The summed E-state index contributed by atoms with van der Waals surface area (Å²) in [7, 11) is 4.78. The number of carbonyl (C=O) groups is 1. The summed E-state index contributed by atoms with van der Waals surface area (Å²) in [5, 5.41) is 3.21. The molecule has 0 saturated heterocycles. The Morgan fingerprint density at radius 1 is 0.897 bits per heavy atom. The van der Waals surface area contributed by atoms with Gasteiger partial charge in [0.1, 0.15) is 0 Å². The highest BCUT2D eigenvalue weighted by molar-refractivity contribution is 5.76. The van der Waals surface area contributed by atoms with Crippen LogP contribution in [0.1, 0.15) is 49.1 Å². The molecular formula is C24H31NO4. The van der Waals surface area contributed by atoms with Gasteiger partial charge in [-0.15, -0.1) is 0 Å². The van der Waals surface area contributed by atoms with Crippen LogP contribution in [0.2, 0.25) is 0 Å². The highest BCUT2D eigenvalue weighted by atomic mass is 16.5. The van der Waals surface area contributed by atoms with Crippen LogP contribution in [0.4, 0.5) is 0 Å². The van der Waals surface area contributed by atoms with Crippen molar-refractivity contribution in [1.82, 2.24) is 5.32 Å². The van der Waals surface area contributed by atoms with Gasteiger partial charge in [-0.1, -0.05) is 36.4 Å². The molecule has 0 aliphatic heterocycles. The third-order valence-corrected chi connectivity index (χ3v) is 5.77. The second-order valence-electron chi connectivity index (χ2n) is 7.52. The van der Waals surface area contributed by atoms with Gasteiger partial charge in [-0.3, -0.25) is 4.79 Å². The van der Waals surface area contributed by atoms with Gasteiger partial charge < -0.3 is 19.5 Å². The topological polar surface area (TPSA) is 56.8 Å². The van der Waals surface area contributed by atoms with E-state index in [4.69, 9.17) is 14.2 Å². The minimum atomic E-state index is 0.0880. The van der Waals surface area contributed by atoms with E-state index < -0.39 is 0 Å². The van der Waals surface area contributed by atoms with E-state index in [-0.39, 0.29) is 11.9 Å². The number of carbonyl (C=O) groups excluding carboxylic acids is 1. The molecule has 0 heterocycles. The Bertz CT molecular complexity index is 798. The number of amides is 1. The lowest BCUT2D eigenvalue weighted by molar-refractivity contribution is -0.122. The lowest BCUT2D eigenvalue weighted by Crippen LogP contribution is -2.37. The molecule has 3 rings (SSSR count). The molecule has 1 aliphatic rings. The second-order valence-corrected chi connectivity index (χ2v) is 7.52. The van der Waals surface area contributed by atoms with Crippen molar-refractivity contribution in [3.05, 3.63) is 53.6 Å². The van der Waals surface area contributed by atoms with Crippen molar-refractivity contribution in [2.75, 3.05) is 21.3 Å². The van der Waals surface area contributed by atoms with Crippen molar-refractivity contribution in [2.24, 2.45) is 0 Å². The van der Waals surface area contributed by atoms with Gasteiger partial charge in [0, 0.05) is 12.5 Å². The Hall–Kier alpha value is -2.69. The van der Waals surface area contributed by atoms with Gasteiger partial charge in [-0.25, -0.2) is 0 Å². The number of methoxy groups -OCH3 is 3. The van der Waals surface area contributed by atoms with Crippen molar-refractivity contribution in [2.45, 2.75) is 50.5 Å². The lowest BCUT2D eigenvalue weighted by atomic mass is 9.82. The van der Waals surface area contributed by atoms with Crippen LogP contribution < -0.4 is 19.5 Å². The average Bonchev–Trinajstić information content (AvgIpc) is 2.77. The minimum absolute atomic E-state index is 0.0880. The summed E-state index contributed by atoms with van der Waals surface area (Å²) in [5.74, 6) is 2.51. The van der Waals surface area contributed by atoms with Crippen molar-refractivity contribution in [3.8, 4) is 17.2 Å². The molecule has 5 nitrogen and oxygen atoms in total. The Morgan fingerprint density at radius 2 is 1.59 bits per heavy atom. The molecule has 0 aromatic heterocycles. The summed E-state index contributed by atoms with van der Waals surface area (Å²) in [4.78, 5) is 12.5. The number of aryl methyl sites for hydroxylation is 1. The van der Waals surface area contributed by atoms with Crippen LogP contribution in [-0.4, -0.2) is 33.3 Å². The monoisotopic (exact) mass is 397 g/mol. The molecule has 1 aliphatic carbocycles. The first-order chi connectivity index (χ1) is 14.2. The predicted octanol–water partition coefficient (Wildman–Crippen LogP) is 4.49. The third kappa shape index (κ3) is 5.22. The maximum atomic E-state index is 12.5. The lowest BCUT2D eigenvalue weighted by Gasteiger charge is -2.29. The zero-order valence-corrected chi connectivity index (χ0v) is 17.6. The molecule has 1 N–H and O–H groups in total. The van der Waals surface area contributed by atoms with Crippen molar-refractivity contribution < 1.29 is 19.0 Å². The van der Waals surface area contributed by atoms with Gasteiger partial charge in [0.25, 0.3) is 0 Å². The van der Waals surface area contributed by atoms with E-state index >= 15 is 0 Å². The Morgan fingerprint density at radius 3 is 2.21 bits per heavy atom. The molecule has 0 unspecified atom stereocenters. The quantitative estimate of drug-likeness (QED) is 0.713. The first-order valence-electron chi connectivity index (χ1n) is 10.3. The van der Waals surface area contributed by atoms with Crippen LogP contribution in [-0.2, 0) is 11.2 Å². The van der Waals surface area contributed by atoms with Crippen LogP contribution in [0, 0.1) is 0 Å². The first kappa shape index (κ1) is 21.0. The number of nitrogens with one attached hydrogen (secondary N) is 1. The van der Waals surface area contributed by atoms with E-state index in [1.54, 1.807) is 21.3 Å². The largest absolute Gasteiger partial charge is 0.493 e. The molecule has 5 heteroatoms. The number of hydrogen-bond donors (Lipinski definition) is 1. The van der Waals surface area contributed by atoms with Gasteiger partial charge in [0.2, 0.25) is 11.7 Å². The molecule has 156 valence electrons. The summed E-state index contributed by atoms with van der Waals surface area (Å²) in [6, 6.07) is 14.7. The van der Waals surface area contributed by atoms with Crippen LogP contribution in [0.25, 0.3) is 0 Å². The normalized spacial score (nSPS) is 18.7. The van der Waals surface area contributed by atoms with E-state index in [9.17, 15) is 4.79 Å². The Labute approximate surface area is 173 Å². The average molecular weight is 398 g/mol. The maximum absolute atomic E-state index is 12.5. The molecule has 0 bridgehead atoms. The highest BCUT2D eigenvalue weighted by Gasteiger charge is 2.23. The zero-order valence-electron chi connectivity index (χ0n) is 17.6. The molecule has 1 saturated carbocycles. The molecule has 0 atom stereocenters. The van der Waals surface area contributed by atoms with E-state index in [0.29, 0.717) is 36.0 Å². The summed E-state index contributed by atoms with van der Waals surface area (Å²) in [6.45, 7) is 0. The smallest absolute Gasteiger partial charge is 0.220 e. The number of hydrogen-bond acceptors (Lipinski definition) is 4. The second kappa shape index (κ2) is 10.2. The molecule has 0 radical (unpaired) electrons. The fraction of sp³-hybridized carbons (Fsp3) is 0.458. The molecule has 1 amide bonds. The molecule has 29 heavy (non-hydrogen) atoms. The highest BCUT2D eigenvalue weighted by Crippen LogP contribution is 2.40. The van der Waals surface area contributed by atoms with Crippen LogP contribution in [0.3, 0.4) is 0 Å². The van der Waals surface area contributed by atoms with E-state index in [1.807, 2.05) is 12.1 Å². The molecule has 1 fully saturated rings. The van der Waals surface area contributed by atoms with Crippen molar-refractivity contribution in [1.29, 1.82) is 0 Å². The van der Waals surface area contributed by atoms with Gasteiger partial charge >= 0.3 is 0 Å². The summed E-state index contributed by atoms with van der Waals surface area (Å²) >= 11 is 0. The summed E-state index contributed by atoms with van der Waals surface area (Å²) < 4.78 is 16.2. The Kier molecular flexibility index (Phi) is 7.39. The fourth-order valence-corrected chi connectivity index (χ4v) is 4.20. The number of benzene rings is 2. The minimum Gasteiger partial charge on any atom is -0.493 e.